The van der Waals surface area contributed by atoms with Crippen molar-refractivity contribution in [3.63, 3.8) is 0 Å². The summed E-state index contributed by atoms with van der Waals surface area (Å²) in [5.41, 5.74) is 10.00. The molecule has 3 N–H and O–H groups in total. The van der Waals surface area contributed by atoms with Crippen LogP contribution in [0.5, 0.6) is 0 Å². The maximum atomic E-state index is 5.77. The Hall–Kier alpha value is -2.55. The molecule has 0 atom stereocenters. The number of hydrogen-bond acceptors (Lipinski definition) is 3. The highest BCUT2D eigenvalue weighted by molar-refractivity contribution is 5.83. The Balaban J connectivity index is 1.77. The van der Waals surface area contributed by atoms with Crippen LogP contribution in [0.15, 0.2) is 54.6 Å². The molecular weight excluding hydrogens is 246 g/mol. The van der Waals surface area contributed by atoms with Gasteiger partial charge >= 0.3 is 0 Å². The highest BCUT2D eigenvalue weighted by Gasteiger charge is 1.99. The fourth-order valence-electron chi connectivity index (χ4n) is 2.14. The van der Waals surface area contributed by atoms with E-state index in [4.69, 9.17) is 5.73 Å². The van der Waals surface area contributed by atoms with Crippen LogP contribution in [0.1, 0.15) is 11.1 Å². The smallest absolute Gasteiger partial charge is 0.126 e. The first-order chi connectivity index (χ1) is 9.70. The molecule has 3 heteroatoms. The maximum absolute atomic E-state index is 5.77. The number of fused-ring (bicyclic) bond motifs is 1. The van der Waals surface area contributed by atoms with E-state index in [1.165, 1.54) is 11.1 Å². The minimum atomic E-state index is 0.764. The maximum Gasteiger partial charge on any atom is 0.126 e. The first-order valence-corrected chi connectivity index (χ1v) is 6.66. The van der Waals surface area contributed by atoms with Crippen molar-refractivity contribution in [3.05, 3.63) is 65.7 Å². The van der Waals surface area contributed by atoms with Crippen molar-refractivity contribution in [1.29, 1.82) is 0 Å². The normalized spacial score (nSPS) is 10.7. The Labute approximate surface area is 118 Å². The van der Waals surface area contributed by atoms with Crippen molar-refractivity contribution in [2.24, 2.45) is 0 Å². The summed E-state index contributed by atoms with van der Waals surface area (Å²) in [7, 11) is 0. The number of rotatable bonds is 3. The quantitative estimate of drug-likeness (QED) is 0.708. The molecule has 20 heavy (non-hydrogen) atoms. The molecule has 0 saturated heterocycles. The van der Waals surface area contributed by atoms with E-state index in [0.29, 0.717) is 0 Å². The number of nitrogen functional groups attached to an aromatic ring is 1. The Bertz CT molecular complexity index is 733. The average Bonchev–Trinajstić information content (AvgIpc) is 2.46. The first kappa shape index (κ1) is 12.5. The zero-order valence-corrected chi connectivity index (χ0v) is 11.4. The third-order valence-electron chi connectivity index (χ3n) is 3.31. The standard InChI is InChI=1S/C17H17N3/c1-12-2-4-13(5-3-12)11-19-17-9-6-14-10-15(18)7-8-16(14)20-17/h2-10H,11,18H2,1H3,(H,19,20). The van der Waals surface area contributed by atoms with E-state index in [-0.39, 0.29) is 0 Å². The SMILES string of the molecule is Cc1ccc(CNc2ccc3cc(N)ccc3n2)cc1. The fourth-order valence-corrected chi connectivity index (χ4v) is 2.14. The van der Waals surface area contributed by atoms with Crippen molar-refractivity contribution in [2.75, 3.05) is 11.1 Å². The minimum Gasteiger partial charge on any atom is -0.399 e. The number of benzene rings is 2. The lowest BCUT2D eigenvalue weighted by atomic mass is 10.1. The molecule has 0 spiro atoms. The van der Waals surface area contributed by atoms with Gasteiger partial charge in [0, 0.05) is 17.6 Å². The summed E-state index contributed by atoms with van der Waals surface area (Å²) in [5, 5.41) is 4.41. The van der Waals surface area contributed by atoms with Gasteiger partial charge in [0.15, 0.2) is 0 Å². The summed E-state index contributed by atoms with van der Waals surface area (Å²) in [6, 6.07) is 18.3. The van der Waals surface area contributed by atoms with E-state index in [1.54, 1.807) is 0 Å². The number of nitrogens with zero attached hydrogens (tertiary/aromatic N) is 1. The molecule has 2 aromatic carbocycles. The summed E-state index contributed by atoms with van der Waals surface area (Å²) >= 11 is 0. The molecule has 1 aromatic heterocycles. The highest BCUT2D eigenvalue weighted by Crippen LogP contribution is 2.18. The number of nitrogens with two attached hydrogens (primary N) is 1. The third kappa shape index (κ3) is 2.72. The molecule has 0 aliphatic carbocycles. The summed E-state index contributed by atoms with van der Waals surface area (Å²) in [4.78, 5) is 4.58. The van der Waals surface area contributed by atoms with E-state index >= 15 is 0 Å². The molecule has 3 nitrogen and oxygen atoms in total. The van der Waals surface area contributed by atoms with Crippen LogP contribution in [0, 0.1) is 6.92 Å². The lowest BCUT2D eigenvalue weighted by molar-refractivity contribution is 1.12. The molecule has 0 aliphatic heterocycles. The van der Waals surface area contributed by atoms with Crippen LogP contribution in [0.25, 0.3) is 10.9 Å². The lowest BCUT2D eigenvalue weighted by Crippen LogP contribution is -2.01. The van der Waals surface area contributed by atoms with Crippen molar-refractivity contribution < 1.29 is 0 Å². The number of aryl methyl sites for hydroxylation is 1. The first-order valence-electron chi connectivity index (χ1n) is 6.66. The van der Waals surface area contributed by atoms with E-state index < -0.39 is 0 Å². The average molecular weight is 263 g/mol. The van der Waals surface area contributed by atoms with Crippen molar-refractivity contribution in [1.82, 2.24) is 4.98 Å². The summed E-state index contributed by atoms with van der Waals surface area (Å²) in [6.07, 6.45) is 0. The van der Waals surface area contributed by atoms with Gasteiger partial charge in [-0.25, -0.2) is 4.98 Å². The van der Waals surface area contributed by atoms with Gasteiger partial charge in [0.25, 0.3) is 0 Å². The summed E-state index contributed by atoms with van der Waals surface area (Å²) in [6.45, 7) is 2.86. The molecule has 3 rings (SSSR count). The lowest BCUT2D eigenvalue weighted by Gasteiger charge is -2.07. The zero-order chi connectivity index (χ0) is 13.9. The van der Waals surface area contributed by atoms with Crippen molar-refractivity contribution in [2.45, 2.75) is 13.5 Å². The van der Waals surface area contributed by atoms with Crippen LogP contribution in [0.3, 0.4) is 0 Å². The van der Waals surface area contributed by atoms with Crippen LogP contribution in [0.4, 0.5) is 11.5 Å². The number of pyridine rings is 1. The number of aromatic nitrogens is 1. The van der Waals surface area contributed by atoms with Gasteiger partial charge in [-0.1, -0.05) is 29.8 Å². The van der Waals surface area contributed by atoms with Gasteiger partial charge in [-0.15, -0.1) is 0 Å². The second kappa shape index (κ2) is 5.21. The minimum absolute atomic E-state index is 0.764. The Kier molecular flexibility index (Phi) is 3.25. The molecule has 1 heterocycles. The van der Waals surface area contributed by atoms with Crippen molar-refractivity contribution >= 4 is 22.4 Å². The van der Waals surface area contributed by atoms with Gasteiger partial charge in [-0.2, -0.15) is 0 Å². The number of hydrogen-bond donors (Lipinski definition) is 2. The number of nitrogens with one attached hydrogen (secondary N) is 1. The largest absolute Gasteiger partial charge is 0.399 e. The van der Waals surface area contributed by atoms with E-state index in [1.807, 2.05) is 30.3 Å². The second-order valence-corrected chi connectivity index (χ2v) is 4.99. The van der Waals surface area contributed by atoms with Gasteiger partial charge in [-0.3, -0.25) is 0 Å². The molecule has 0 unspecified atom stereocenters. The van der Waals surface area contributed by atoms with Crippen molar-refractivity contribution in [3.8, 4) is 0 Å². The molecule has 0 radical (unpaired) electrons. The predicted octanol–water partition coefficient (Wildman–Crippen LogP) is 3.74. The van der Waals surface area contributed by atoms with Gasteiger partial charge in [-0.05, 0) is 42.8 Å². The van der Waals surface area contributed by atoms with Crippen LogP contribution in [-0.4, -0.2) is 4.98 Å². The summed E-state index contributed by atoms with van der Waals surface area (Å²) in [5.74, 6) is 0.878. The summed E-state index contributed by atoms with van der Waals surface area (Å²) < 4.78 is 0. The van der Waals surface area contributed by atoms with Gasteiger partial charge in [0.2, 0.25) is 0 Å². The van der Waals surface area contributed by atoms with Crippen LogP contribution >= 0.6 is 0 Å². The monoisotopic (exact) mass is 263 g/mol. The molecule has 0 aliphatic rings. The Morgan fingerprint density at radius 2 is 1.80 bits per heavy atom. The van der Waals surface area contributed by atoms with Gasteiger partial charge < -0.3 is 11.1 Å². The predicted molar refractivity (Wildman–Crippen MR) is 84.7 cm³/mol. The fraction of sp³-hybridized carbons (Fsp3) is 0.118. The Morgan fingerprint density at radius 3 is 2.60 bits per heavy atom. The second-order valence-electron chi connectivity index (χ2n) is 4.99. The molecule has 0 fully saturated rings. The highest BCUT2D eigenvalue weighted by atomic mass is 15.0. The molecular formula is C17H17N3. The molecule has 3 aromatic rings. The third-order valence-corrected chi connectivity index (χ3v) is 3.31. The molecule has 100 valence electrons. The van der Waals surface area contributed by atoms with E-state index in [0.717, 1.165) is 29.0 Å². The van der Waals surface area contributed by atoms with E-state index in [2.05, 4.69) is 41.5 Å². The van der Waals surface area contributed by atoms with E-state index in [9.17, 15) is 0 Å². The van der Waals surface area contributed by atoms with Crippen LogP contribution < -0.4 is 11.1 Å². The molecule has 0 saturated carbocycles. The van der Waals surface area contributed by atoms with Gasteiger partial charge in [0.05, 0.1) is 5.52 Å². The zero-order valence-electron chi connectivity index (χ0n) is 11.4. The molecule has 0 bridgehead atoms. The number of anilines is 2. The van der Waals surface area contributed by atoms with Crippen LogP contribution in [-0.2, 0) is 6.54 Å². The Morgan fingerprint density at radius 1 is 1.00 bits per heavy atom. The topological polar surface area (TPSA) is 50.9 Å². The van der Waals surface area contributed by atoms with Gasteiger partial charge in [0.1, 0.15) is 5.82 Å². The van der Waals surface area contributed by atoms with Crippen LogP contribution in [0.2, 0.25) is 0 Å². The molecule has 0 amide bonds.